The van der Waals surface area contributed by atoms with E-state index in [1.54, 1.807) is 24.5 Å². The highest BCUT2D eigenvalue weighted by Gasteiger charge is 2.27. The van der Waals surface area contributed by atoms with Crippen molar-refractivity contribution in [3.8, 4) is 0 Å². The van der Waals surface area contributed by atoms with E-state index in [-0.39, 0.29) is 11.9 Å². The standard InChI is InChI=1S/C16H21FN4O2/c1-2-21-11-18-19-16(21)15-10-20(7-8-23-15)9-14(22)12-5-3-4-6-13(12)17/h3-6,11,14-15,22H,2,7-10H2,1H3/t14-,15-/m0/s1. The maximum atomic E-state index is 13.8. The smallest absolute Gasteiger partial charge is 0.163 e. The van der Waals surface area contributed by atoms with Crippen LogP contribution in [0, 0.1) is 5.82 Å². The van der Waals surface area contributed by atoms with Crippen molar-refractivity contribution in [3.63, 3.8) is 0 Å². The van der Waals surface area contributed by atoms with Gasteiger partial charge in [-0.05, 0) is 13.0 Å². The van der Waals surface area contributed by atoms with E-state index in [4.69, 9.17) is 4.74 Å². The first-order valence-electron chi connectivity index (χ1n) is 7.83. The number of nitrogens with zero attached hydrogens (tertiary/aromatic N) is 4. The summed E-state index contributed by atoms with van der Waals surface area (Å²) in [7, 11) is 0. The average Bonchev–Trinajstić information content (AvgIpc) is 3.04. The number of halogens is 1. The maximum absolute atomic E-state index is 13.8. The normalized spacial score (nSPS) is 20.6. The van der Waals surface area contributed by atoms with E-state index < -0.39 is 6.10 Å². The third-order valence-electron chi connectivity index (χ3n) is 4.12. The molecule has 1 aromatic heterocycles. The molecule has 0 unspecified atom stereocenters. The number of rotatable bonds is 5. The molecule has 0 amide bonds. The first kappa shape index (κ1) is 16.0. The number of aliphatic hydroxyl groups is 1. The monoisotopic (exact) mass is 320 g/mol. The van der Waals surface area contributed by atoms with Crippen molar-refractivity contribution in [1.82, 2.24) is 19.7 Å². The predicted octanol–water partition coefficient (Wildman–Crippen LogP) is 1.54. The predicted molar refractivity (Wildman–Crippen MR) is 82.2 cm³/mol. The second kappa shape index (κ2) is 7.16. The molecule has 0 aliphatic carbocycles. The van der Waals surface area contributed by atoms with Crippen molar-refractivity contribution in [2.45, 2.75) is 25.7 Å². The molecule has 7 heteroatoms. The molecule has 3 rings (SSSR count). The molecule has 1 N–H and O–H groups in total. The fourth-order valence-corrected chi connectivity index (χ4v) is 2.87. The number of hydrogen-bond donors (Lipinski definition) is 1. The molecule has 1 aliphatic heterocycles. The van der Waals surface area contributed by atoms with E-state index in [2.05, 4.69) is 15.1 Å². The lowest BCUT2D eigenvalue weighted by atomic mass is 10.1. The average molecular weight is 320 g/mol. The molecule has 0 radical (unpaired) electrons. The Hall–Kier alpha value is -1.83. The molecule has 6 nitrogen and oxygen atoms in total. The summed E-state index contributed by atoms with van der Waals surface area (Å²) >= 11 is 0. The van der Waals surface area contributed by atoms with E-state index in [9.17, 15) is 9.50 Å². The van der Waals surface area contributed by atoms with Crippen LogP contribution >= 0.6 is 0 Å². The second-order valence-corrected chi connectivity index (χ2v) is 5.63. The van der Waals surface area contributed by atoms with Crippen LogP contribution in [0.5, 0.6) is 0 Å². The number of ether oxygens (including phenoxy) is 1. The second-order valence-electron chi connectivity index (χ2n) is 5.63. The number of hydrogen-bond acceptors (Lipinski definition) is 5. The molecule has 2 atom stereocenters. The highest BCUT2D eigenvalue weighted by atomic mass is 19.1. The summed E-state index contributed by atoms with van der Waals surface area (Å²) in [6.07, 6.45) is 0.643. The van der Waals surface area contributed by atoms with Crippen LogP contribution in [0.25, 0.3) is 0 Å². The van der Waals surface area contributed by atoms with Gasteiger partial charge in [-0.25, -0.2) is 4.39 Å². The van der Waals surface area contributed by atoms with Crippen molar-refractivity contribution in [3.05, 3.63) is 47.8 Å². The van der Waals surface area contributed by atoms with Gasteiger partial charge in [0.05, 0.1) is 12.7 Å². The Morgan fingerprint density at radius 1 is 1.43 bits per heavy atom. The SMILES string of the molecule is CCn1cnnc1[C@@H]1CN(C[C@H](O)c2ccccc2F)CCO1. The zero-order valence-corrected chi connectivity index (χ0v) is 13.1. The van der Waals surface area contributed by atoms with Crippen molar-refractivity contribution < 1.29 is 14.2 Å². The summed E-state index contributed by atoms with van der Waals surface area (Å²) in [4.78, 5) is 2.07. The van der Waals surface area contributed by atoms with Crippen molar-refractivity contribution in [2.24, 2.45) is 0 Å². The number of morpholine rings is 1. The van der Waals surface area contributed by atoms with Gasteiger partial charge >= 0.3 is 0 Å². The van der Waals surface area contributed by atoms with Crippen molar-refractivity contribution in [1.29, 1.82) is 0 Å². The van der Waals surface area contributed by atoms with Crippen LogP contribution in [0.2, 0.25) is 0 Å². The van der Waals surface area contributed by atoms with Crippen LogP contribution in [0.1, 0.15) is 30.5 Å². The molecule has 0 saturated carbocycles. The van der Waals surface area contributed by atoms with E-state index >= 15 is 0 Å². The maximum Gasteiger partial charge on any atom is 0.163 e. The molecule has 2 heterocycles. The van der Waals surface area contributed by atoms with Crippen LogP contribution in [0.15, 0.2) is 30.6 Å². The highest BCUT2D eigenvalue weighted by Crippen LogP contribution is 2.23. The lowest BCUT2D eigenvalue weighted by Gasteiger charge is -2.33. The molecule has 1 saturated heterocycles. The van der Waals surface area contributed by atoms with Gasteiger partial charge < -0.3 is 14.4 Å². The zero-order valence-electron chi connectivity index (χ0n) is 13.1. The van der Waals surface area contributed by atoms with Gasteiger partial charge in [-0.2, -0.15) is 0 Å². The number of β-amino-alcohol motifs (C(OH)–C–C–N with tert-alkyl or cyclic N) is 1. The first-order chi connectivity index (χ1) is 11.2. The van der Waals surface area contributed by atoms with Crippen LogP contribution in [0.4, 0.5) is 4.39 Å². The highest BCUT2D eigenvalue weighted by molar-refractivity contribution is 5.20. The summed E-state index contributed by atoms with van der Waals surface area (Å²) in [5.41, 5.74) is 0.326. The Labute approximate surface area is 134 Å². The van der Waals surface area contributed by atoms with Gasteiger partial charge in [0, 0.05) is 31.7 Å². The number of benzene rings is 1. The largest absolute Gasteiger partial charge is 0.387 e. The van der Waals surface area contributed by atoms with Gasteiger partial charge in [0.15, 0.2) is 5.82 Å². The minimum Gasteiger partial charge on any atom is -0.387 e. The van der Waals surface area contributed by atoms with E-state index in [0.29, 0.717) is 31.8 Å². The molecule has 0 spiro atoms. The molecule has 1 aromatic carbocycles. The van der Waals surface area contributed by atoms with Gasteiger partial charge in [0.1, 0.15) is 18.2 Å². The Morgan fingerprint density at radius 3 is 3.04 bits per heavy atom. The fraction of sp³-hybridized carbons (Fsp3) is 0.500. The molecular weight excluding hydrogens is 299 g/mol. The van der Waals surface area contributed by atoms with Gasteiger partial charge in [0.2, 0.25) is 0 Å². The fourth-order valence-electron chi connectivity index (χ4n) is 2.87. The third kappa shape index (κ3) is 3.57. The number of aliphatic hydroxyl groups excluding tert-OH is 1. The van der Waals surface area contributed by atoms with E-state index in [1.165, 1.54) is 6.07 Å². The van der Waals surface area contributed by atoms with Crippen LogP contribution in [0.3, 0.4) is 0 Å². The number of aromatic nitrogens is 3. The topological polar surface area (TPSA) is 63.4 Å². The minimum atomic E-state index is -0.862. The molecular formula is C16H21FN4O2. The van der Waals surface area contributed by atoms with Gasteiger partial charge in [-0.1, -0.05) is 18.2 Å². The van der Waals surface area contributed by atoms with Gasteiger partial charge in [-0.15, -0.1) is 10.2 Å². The van der Waals surface area contributed by atoms with Crippen molar-refractivity contribution >= 4 is 0 Å². The third-order valence-corrected chi connectivity index (χ3v) is 4.12. The van der Waals surface area contributed by atoms with Gasteiger partial charge in [-0.3, -0.25) is 4.90 Å². The lowest BCUT2D eigenvalue weighted by molar-refractivity contribution is -0.0479. The van der Waals surface area contributed by atoms with Crippen molar-refractivity contribution in [2.75, 3.05) is 26.2 Å². The molecule has 23 heavy (non-hydrogen) atoms. The van der Waals surface area contributed by atoms with E-state index in [0.717, 1.165) is 12.4 Å². The summed E-state index contributed by atoms with van der Waals surface area (Å²) < 4.78 is 21.5. The zero-order chi connectivity index (χ0) is 16.2. The minimum absolute atomic E-state index is 0.181. The van der Waals surface area contributed by atoms with Crippen LogP contribution in [-0.4, -0.2) is 51.0 Å². The lowest BCUT2D eigenvalue weighted by Crippen LogP contribution is -2.41. The Bertz CT molecular complexity index is 649. The Morgan fingerprint density at radius 2 is 2.26 bits per heavy atom. The summed E-state index contributed by atoms with van der Waals surface area (Å²) in [6, 6.07) is 6.33. The Kier molecular flexibility index (Phi) is 5.00. The first-order valence-corrected chi connectivity index (χ1v) is 7.83. The Balaban J connectivity index is 1.66. The molecule has 0 bridgehead atoms. The molecule has 2 aromatic rings. The van der Waals surface area contributed by atoms with Gasteiger partial charge in [0.25, 0.3) is 0 Å². The van der Waals surface area contributed by atoms with Crippen LogP contribution in [-0.2, 0) is 11.3 Å². The summed E-state index contributed by atoms with van der Waals surface area (Å²) in [5, 5.41) is 18.4. The summed E-state index contributed by atoms with van der Waals surface area (Å²) in [5.74, 6) is 0.410. The van der Waals surface area contributed by atoms with E-state index in [1.807, 2.05) is 11.5 Å². The molecule has 1 fully saturated rings. The number of aryl methyl sites for hydroxylation is 1. The quantitative estimate of drug-likeness (QED) is 0.905. The summed E-state index contributed by atoms with van der Waals surface area (Å²) in [6.45, 7) is 5.01. The van der Waals surface area contributed by atoms with Crippen LogP contribution < -0.4 is 0 Å². The molecule has 1 aliphatic rings. The molecule has 124 valence electrons.